The molecule has 1 unspecified atom stereocenters. The quantitative estimate of drug-likeness (QED) is 0.543. The second-order valence-corrected chi connectivity index (χ2v) is 11.4. The van der Waals surface area contributed by atoms with E-state index in [1.807, 2.05) is 38.1 Å². The number of ketones is 1. The predicted octanol–water partition coefficient (Wildman–Crippen LogP) is 5.16. The molecule has 2 aromatic rings. The van der Waals surface area contributed by atoms with Gasteiger partial charge in [-0.1, -0.05) is 51.4 Å². The summed E-state index contributed by atoms with van der Waals surface area (Å²) >= 11 is 6.38. The highest BCUT2D eigenvalue weighted by atomic mass is 35.5. The Hall–Kier alpha value is -3.58. The van der Waals surface area contributed by atoms with Crippen molar-refractivity contribution in [3.63, 3.8) is 0 Å². The Kier molecular flexibility index (Phi) is 5.75. The summed E-state index contributed by atoms with van der Waals surface area (Å²) in [5.41, 5.74) is 8.16. The van der Waals surface area contributed by atoms with Gasteiger partial charge in [0, 0.05) is 39.7 Å². The number of esters is 1. The van der Waals surface area contributed by atoms with Gasteiger partial charge in [0.15, 0.2) is 5.78 Å². The fraction of sp³-hybridized carbons (Fsp3) is 0.345. The van der Waals surface area contributed by atoms with Crippen LogP contribution in [0.25, 0.3) is 0 Å². The normalized spacial score (nSPS) is 22.4. The van der Waals surface area contributed by atoms with Crippen LogP contribution in [0.5, 0.6) is 0 Å². The number of halogens is 1. The SMILES string of the molecule is COC(=O)C1=C(N)N(c2ccc(C(C)C)cc2)C2=C(C(=O)CC(C)(C)C2)C12C(=O)Nc1ccc(Cl)cc12. The van der Waals surface area contributed by atoms with Gasteiger partial charge in [0.1, 0.15) is 16.8 Å². The van der Waals surface area contributed by atoms with Crippen molar-refractivity contribution in [1.82, 2.24) is 0 Å². The summed E-state index contributed by atoms with van der Waals surface area (Å²) in [6.45, 7) is 8.23. The average molecular weight is 520 g/mol. The van der Waals surface area contributed by atoms with E-state index in [1.165, 1.54) is 7.11 Å². The number of nitrogens with two attached hydrogens (primary N) is 1. The number of Topliss-reactive ketones (excluding diaryl/α,β-unsaturated/α-hetero) is 1. The molecule has 0 aromatic heterocycles. The molecule has 8 heteroatoms. The predicted molar refractivity (Wildman–Crippen MR) is 143 cm³/mol. The Morgan fingerprint density at radius 2 is 1.78 bits per heavy atom. The average Bonchev–Trinajstić information content (AvgIpc) is 3.09. The van der Waals surface area contributed by atoms with Gasteiger partial charge < -0.3 is 15.8 Å². The van der Waals surface area contributed by atoms with Crippen LogP contribution in [0.15, 0.2) is 65.1 Å². The number of carbonyl (C=O) groups is 3. The van der Waals surface area contributed by atoms with Crippen LogP contribution in [-0.4, -0.2) is 24.8 Å². The van der Waals surface area contributed by atoms with E-state index in [0.717, 1.165) is 5.56 Å². The van der Waals surface area contributed by atoms with E-state index >= 15 is 0 Å². The first kappa shape index (κ1) is 25.1. The number of rotatable bonds is 3. The lowest BCUT2D eigenvalue weighted by Gasteiger charge is -2.47. The van der Waals surface area contributed by atoms with Crippen molar-refractivity contribution in [3.05, 3.63) is 81.3 Å². The number of carbonyl (C=O) groups excluding carboxylic acids is 3. The third-order valence-corrected chi connectivity index (χ3v) is 7.79. The number of fused-ring (bicyclic) bond motifs is 3. The van der Waals surface area contributed by atoms with Gasteiger partial charge in [0.25, 0.3) is 0 Å². The van der Waals surface area contributed by atoms with Crippen molar-refractivity contribution in [2.24, 2.45) is 11.1 Å². The molecule has 1 spiro atoms. The fourth-order valence-corrected chi connectivity index (χ4v) is 6.08. The molecule has 192 valence electrons. The maximum absolute atomic E-state index is 14.0. The van der Waals surface area contributed by atoms with E-state index in [1.54, 1.807) is 23.1 Å². The second-order valence-electron chi connectivity index (χ2n) is 11.0. The van der Waals surface area contributed by atoms with Crippen molar-refractivity contribution < 1.29 is 19.1 Å². The zero-order chi connectivity index (χ0) is 26.9. The molecule has 2 aliphatic heterocycles. The number of nitrogens with zero attached hydrogens (tertiary/aromatic N) is 1. The van der Waals surface area contributed by atoms with Gasteiger partial charge in [-0.15, -0.1) is 0 Å². The molecule has 2 aromatic carbocycles. The summed E-state index contributed by atoms with van der Waals surface area (Å²) in [5.74, 6) is -1.15. The highest BCUT2D eigenvalue weighted by Gasteiger charge is 2.63. The van der Waals surface area contributed by atoms with Crippen molar-refractivity contribution in [2.75, 3.05) is 17.3 Å². The number of allylic oxidation sites excluding steroid dienone is 1. The molecule has 0 saturated carbocycles. The lowest BCUT2D eigenvalue weighted by atomic mass is 9.60. The summed E-state index contributed by atoms with van der Waals surface area (Å²) in [4.78, 5) is 43.2. The van der Waals surface area contributed by atoms with Crippen LogP contribution < -0.4 is 16.0 Å². The lowest BCUT2D eigenvalue weighted by molar-refractivity contribution is -0.138. The highest BCUT2D eigenvalue weighted by Crippen LogP contribution is 2.57. The minimum atomic E-state index is -1.77. The Bertz CT molecular complexity index is 1420. The van der Waals surface area contributed by atoms with Gasteiger partial charge in [0.2, 0.25) is 5.91 Å². The zero-order valence-corrected chi connectivity index (χ0v) is 22.3. The lowest BCUT2D eigenvalue weighted by Crippen LogP contribution is -2.54. The second kappa shape index (κ2) is 8.48. The Labute approximate surface area is 221 Å². The summed E-state index contributed by atoms with van der Waals surface area (Å²) in [5, 5.41) is 3.23. The number of methoxy groups -OCH3 is 1. The Morgan fingerprint density at radius 1 is 1.11 bits per heavy atom. The summed E-state index contributed by atoms with van der Waals surface area (Å²) in [7, 11) is 1.24. The minimum absolute atomic E-state index is 0.0522. The third kappa shape index (κ3) is 3.59. The fourth-order valence-electron chi connectivity index (χ4n) is 5.91. The standard InChI is InChI=1S/C29H30ClN3O4/c1-15(2)16-6-9-18(10-7-16)33-21-13-28(3,4)14-22(34)23(21)29(24(25(33)31)26(35)37-5)19-12-17(30)8-11-20(19)32-27(29)36/h6-12,15H,13-14,31H2,1-5H3,(H,32,36). The van der Waals surface area contributed by atoms with Gasteiger partial charge >= 0.3 is 5.97 Å². The van der Waals surface area contributed by atoms with Gasteiger partial charge in [-0.2, -0.15) is 0 Å². The van der Waals surface area contributed by atoms with E-state index < -0.39 is 17.3 Å². The highest BCUT2D eigenvalue weighted by molar-refractivity contribution is 6.31. The van der Waals surface area contributed by atoms with E-state index in [4.69, 9.17) is 22.1 Å². The number of anilines is 2. The number of ether oxygens (including phenoxy) is 1. The largest absolute Gasteiger partial charge is 0.466 e. The molecular formula is C29H30ClN3O4. The molecule has 37 heavy (non-hydrogen) atoms. The first-order chi connectivity index (χ1) is 17.4. The van der Waals surface area contributed by atoms with Crippen LogP contribution in [-0.2, 0) is 24.5 Å². The van der Waals surface area contributed by atoms with Crippen LogP contribution >= 0.6 is 11.6 Å². The monoisotopic (exact) mass is 519 g/mol. The van der Waals surface area contributed by atoms with Crippen LogP contribution in [0, 0.1) is 5.41 Å². The Morgan fingerprint density at radius 3 is 2.41 bits per heavy atom. The van der Waals surface area contributed by atoms with Crippen LogP contribution in [0.4, 0.5) is 11.4 Å². The van der Waals surface area contributed by atoms with Crippen LogP contribution in [0.2, 0.25) is 5.02 Å². The van der Waals surface area contributed by atoms with E-state index in [2.05, 4.69) is 19.2 Å². The van der Waals surface area contributed by atoms with E-state index in [9.17, 15) is 14.4 Å². The molecule has 1 aliphatic carbocycles. The van der Waals surface area contributed by atoms with Gasteiger partial charge in [-0.05, 0) is 53.6 Å². The molecule has 0 radical (unpaired) electrons. The molecule has 2 heterocycles. The molecule has 7 nitrogen and oxygen atoms in total. The Balaban J connectivity index is 1.89. The maximum atomic E-state index is 14.0. The molecule has 1 amide bonds. The first-order valence-electron chi connectivity index (χ1n) is 12.3. The van der Waals surface area contributed by atoms with Gasteiger partial charge in [-0.3, -0.25) is 14.5 Å². The maximum Gasteiger partial charge on any atom is 0.339 e. The molecule has 1 atom stereocenters. The first-order valence-corrected chi connectivity index (χ1v) is 12.7. The summed E-state index contributed by atoms with van der Waals surface area (Å²) in [6.07, 6.45) is 0.686. The summed E-state index contributed by atoms with van der Waals surface area (Å²) < 4.78 is 5.18. The van der Waals surface area contributed by atoms with Crippen molar-refractivity contribution in [1.29, 1.82) is 0 Å². The smallest absolute Gasteiger partial charge is 0.339 e. The topological polar surface area (TPSA) is 102 Å². The van der Waals surface area contributed by atoms with Crippen molar-refractivity contribution in [3.8, 4) is 0 Å². The molecule has 3 N–H and O–H groups in total. The molecule has 3 aliphatic rings. The summed E-state index contributed by atoms with van der Waals surface area (Å²) in [6, 6.07) is 12.8. The number of hydrogen-bond acceptors (Lipinski definition) is 6. The molecule has 5 rings (SSSR count). The van der Waals surface area contributed by atoms with Crippen molar-refractivity contribution in [2.45, 2.75) is 51.9 Å². The number of amides is 1. The van der Waals surface area contributed by atoms with Crippen LogP contribution in [0.3, 0.4) is 0 Å². The minimum Gasteiger partial charge on any atom is -0.466 e. The molecule has 0 saturated heterocycles. The molecule has 0 fully saturated rings. The number of hydrogen-bond donors (Lipinski definition) is 2. The molecule has 0 bridgehead atoms. The third-order valence-electron chi connectivity index (χ3n) is 7.55. The number of nitrogens with one attached hydrogen (secondary N) is 1. The van der Waals surface area contributed by atoms with Crippen LogP contribution in [0.1, 0.15) is 57.6 Å². The molecular weight excluding hydrogens is 490 g/mol. The number of benzene rings is 2. The van der Waals surface area contributed by atoms with Gasteiger partial charge in [-0.25, -0.2) is 4.79 Å². The zero-order valence-electron chi connectivity index (χ0n) is 21.6. The van der Waals surface area contributed by atoms with E-state index in [0.29, 0.717) is 40.0 Å². The van der Waals surface area contributed by atoms with Crippen molar-refractivity contribution >= 4 is 40.6 Å². The van der Waals surface area contributed by atoms with E-state index in [-0.39, 0.29) is 34.6 Å². The van der Waals surface area contributed by atoms with Gasteiger partial charge in [0.05, 0.1) is 7.11 Å².